The minimum Gasteiger partial charge on any atom is -0.496 e. The first-order valence-corrected chi connectivity index (χ1v) is 10.6. The number of methoxy groups -OCH3 is 1. The van der Waals surface area contributed by atoms with E-state index in [1.165, 1.54) is 5.56 Å². The second-order valence-corrected chi connectivity index (χ2v) is 8.01. The molecular weight excluding hydrogens is 398 g/mol. The van der Waals surface area contributed by atoms with Crippen LogP contribution in [-0.4, -0.2) is 13.0 Å². The van der Waals surface area contributed by atoms with Gasteiger partial charge in [-0.25, -0.2) is 0 Å². The highest BCUT2D eigenvalue weighted by Crippen LogP contribution is 2.40. The number of hydrogen-bond donors (Lipinski definition) is 1. The van der Waals surface area contributed by atoms with E-state index in [0.29, 0.717) is 12.3 Å². The summed E-state index contributed by atoms with van der Waals surface area (Å²) in [5.74, 6) is 0.573. The van der Waals surface area contributed by atoms with Gasteiger partial charge in [0, 0.05) is 34.7 Å². The Morgan fingerprint density at radius 1 is 1.06 bits per heavy atom. The fourth-order valence-corrected chi connectivity index (χ4v) is 3.94. The van der Waals surface area contributed by atoms with Gasteiger partial charge >= 0.3 is 0 Å². The van der Waals surface area contributed by atoms with Crippen LogP contribution in [0.1, 0.15) is 29.2 Å². The maximum Gasteiger partial charge on any atom is 0.244 e. The molecule has 4 nitrogen and oxygen atoms in total. The van der Waals surface area contributed by atoms with E-state index in [1.54, 1.807) is 19.4 Å². The standard InChI is InChI=1S/C28H27NO3/c1-18-10-12-22(13-11-18)25-17-32-28-20(3)27(31-4)23(15-24(25)28)19(2)14-26(30)29-16-21-8-6-5-7-9-21/h5-15,17H,16H2,1-4H3,(H,29,30)/b19-14+. The average molecular weight is 426 g/mol. The van der Waals surface area contributed by atoms with Crippen LogP contribution in [0.25, 0.3) is 27.7 Å². The van der Waals surface area contributed by atoms with Gasteiger partial charge in [0.15, 0.2) is 0 Å². The molecule has 4 rings (SSSR count). The number of furan rings is 1. The van der Waals surface area contributed by atoms with Gasteiger partial charge in [-0.2, -0.15) is 0 Å². The highest BCUT2D eigenvalue weighted by molar-refractivity contribution is 6.01. The van der Waals surface area contributed by atoms with Gasteiger partial charge < -0.3 is 14.5 Å². The number of fused-ring (bicyclic) bond motifs is 1. The van der Waals surface area contributed by atoms with Crippen molar-refractivity contribution in [3.63, 3.8) is 0 Å². The number of rotatable bonds is 6. The van der Waals surface area contributed by atoms with E-state index in [4.69, 9.17) is 9.15 Å². The molecular formula is C28H27NO3. The lowest BCUT2D eigenvalue weighted by molar-refractivity contribution is -0.116. The monoisotopic (exact) mass is 425 g/mol. The van der Waals surface area contributed by atoms with Gasteiger partial charge in [-0.3, -0.25) is 4.79 Å². The first-order chi connectivity index (χ1) is 15.5. The number of hydrogen-bond acceptors (Lipinski definition) is 3. The first kappa shape index (κ1) is 21.4. The minimum absolute atomic E-state index is 0.142. The Balaban J connectivity index is 1.70. The quantitative estimate of drug-likeness (QED) is 0.361. The third-order valence-electron chi connectivity index (χ3n) is 5.69. The van der Waals surface area contributed by atoms with Gasteiger partial charge in [0.1, 0.15) is 11.3 Å². The number of aryl methyl sites for hydroxylation is 2. The molecule has 0 bridgehead atoms. The van der Waals surface area contributed by atoms with Crippen molar-refractivity contribution in [2.24, 2.45) is 0 Å². The lowest BCUT2D eigenvalue weighted by Crippen LogP contribution is -2.20. The van der Waals surface area contributed by atoms with E-state index in [2.05, 4.69) is 42.6 Å². The van der Waals surface area contributed by atoms with Gasteiger partial charge in [-0.1, -0.05) is 60.2 Å². The molecule has 0 radical (unpaired) electrons. The lowest BCUT2D eigenvalue weighted by Gasteiger charge is -2.13. The Morgan fingerprint density at radius 2 is 1.78 bits per heavy atom. The second kappa shape index (κ2) is 9.15. The molecule has 1 aromatic heterocycles. The molecule has 1 heterocycles. The van der Waals surface area contributed by atoms with Crippen LogP contribution in [0, 0.1) is 13.8 Å². The van der Waals surface area contributed by atoms with Crippen LogP contribution >= 0.6 is 0 Å². The molecule has 0 spiro atoms. The normalized spacial score (nSPS) is 11.6. The first-order valence-electron chi connectivity index (χ1n) is 10.6. The highest BCUT2D eigenvalue weighted by atomic mass is 16.5. The molecule has 3 aromatic carbocycles. The van der Waals surface area contributed by atoms with E-state index < -0.39 is 0 Å². The summed E-state index contributed by atoms with van der Waals surface area (Å²) in [6, 6.07) is 20.3. The molecule has 0 atom stereocenters. The largest absolute Gasteiger partial charge is 0.496 e. The fraction of sp³-hybridized carbons (Fsp3) is 0.179. The van der Waals surface area contributed by atoms with E-state index in [0.717, 1.165) is 44.4 Å². The van der Waals surface area contributed by atoms with Crippen molar-refractivity contribution in [2.45, 2.75) is 27.3 Å². The molecule has 0 fully saturated rings. The summed E-state index contributed by atoms with van der Waals surface area (Å²) >= 11 is 0. The predicted octanol–water partition coefficient (Wildman–Crippen LogP) is 6.44. The summed E-state index contributed by atoms with van der Waals surface area (Å²) in [7, 11) is 1.64. The Morgan fingerprint density at radius 3 is 2.47 bits per heavy atom. The maximum absolute atomic E-state index is 12.6. The number of benzene rings is 3. The Bertz CT molecular complexity index is 1280. The molecule has 4 heteroatoms. The van der Waals surface area contributed by atoms with Crippen molar-refractivity contribution < 1.29 is 13.9 Å². The van der Waals surface area contributed by atoms with E-state index in [1.807, 2.05) is 44.2 Å². The summed E-state index contributed by atoms with van der Waals surface area (Å²) in [5.41, 5.74) is 7.79. The second-order valence-electron chi connectivity index (χ2n) is 8.01. The number of allylic oxidation sites excluding steroid dienone is 1. The van der Waals surface area contributed by atoms with E-state index in [9.17, 15) is 4.79 Å². The number of amides is 1. The van der Waals surface area contributed by atoms with E-state index >= 15 is 0 Å². The van der Waals surface area contributed by atoms with Gasteiger partial charge in [-0.05, 0) is 43.5 Å². The van der Waals surface area contributed by atoms with Gasteiger partial charge in [0.25, 0.3) is 0 Å². The summed E-state index contributed by atoms with van der Waals surface area (Å²) in [6.07, 6.45) is 3.41. The maximum atomic E-state index is 12.6. The zero-order valence-electron chi connectivity index (χ0n) is 18.9. The molecule has 0 aliphatic heterocycles. The lowest BCUT2D eigenvalue weighted by atomic mass is 9.96. The van der Waals surface area contributed by atoms with Crippen LogP contribution in [0.3, 0.4) is 0 Å². The molecule has 162 valence electrons. The molecule has 1 amide bonds. The highest BCUT2D eigenvalue weighted by Gasteiger charge is 2.18. The van der Waals surface area contributed by atoms with Crippen molar-refractivity contribution in [2.75, 3.05) is 7.11 Å². The van der Waals surface area contributed by atoms with Crippen molar-refractivity contribution in [1.29, 1.82) is 0 Å². The van der Waals surface area contributed by atoms with Crippen molar-refractivity contribution >= 4 is 22.4 Å². The topological polar surface area (TPSA) is 51.5 Å². The van der Waals surface area contributed by atoms with Crippen LogP contribution in [0.2, 0.25) is 0 Å². The zero-order chi connectivity index (χ0) is 22.7. The molecule has 0 unspecified atom stereocenters. The SMILES string of the molecule is COc1c(/C(C)=C/C(=O)NCc2ccccc2)cc2c(-c3ccc(C)cc3)coc2c1C. The third kappa shape index (κ3) is 4.30. The Hall–Kier alpha value is -3.79. The number of nitrogens with one attached hydrogen (secondary N) is 1. The van der Waals surface area contributed by atoms with E-state index in [-0.39, 0.29) is 5.91 Å². The minimum atomic E-state index is -0.142. The fourth-order valence-electron chi connectivity index (χ4n) is 3.94. The number of carbonyl (C=O) groups is 1. The molecule has 0 aliphatic carbocycles. The van der Waals surface area contributed by atoms with Crippen LogP contribution in [0.5, 0.6) is 5.75 Å². The smallest absolute Gasteiger partial charge is 0.244 e. The average Bonchev–Trinajstić information content (AvgIpc) is 3.23. The van der Waals surface area contributed by atoms with Crippen LogP contribution in [0.4, 0.5) is 0 Å². The van der Waals surface area contributed by atoms with Crippen molar-refractivity contribution in [3.8, 4) is 16.9 Å². The van der Waals surface area contributed by atoms with Gasteiger partial charge in [0.2, 0.25) is 5.91 Å². The molecule has 1 N–H and O–H groups in total. The van der Waals surface area contributed by atoms with Crippen LogP contribution in [-0.2, 0) is 11.3 Å². The summed E-state index contributed by atoms with van der Waals surface area (Å²) in [5, 5.41) is 3.95. The van der Waals surface area contributed by atoms with Gasteiger partial charge in [-0.15, -0.1) is 0 Å². The Labute approximate surface area is 188 Å². The molecule has 0 saturated carbocycles. The molecule has 32 heavy (non-hydrogen) atoms. The third-order valence-corrected chi connectivity index (χ3v) is 5.69. The number of carbonyl (C=O) groups excluding carboxylic acids is 1. The summed E-state index contributed by atoms with van der Waals surface area (Å²) < 4.78 is 11.6. The predicted molar refractivity (Wildman–Crippen MR) is 130 cm³/mol. The van der Waals surface area contributed by atoms with Crippen molar-refractivity contribution in [3.05, 3.63) is 95.3 Å². The summed E-state index contributed by atoms with van der Waals surface area (Å²) in [4.78, 5) is 12.6. The van der Waals surface area contributed by atoms with Crippen LogP contribution < -0.4 is 10.1 Å². The van der Waals surface area contributed by atoms with Crippen LogP contribution in [0.15, 0.2) is 77.4 Å². The zero-order valence-corrected chi connectivity index (χ0v) is 18.9. The Kier molecular flexibility index (Phi) is 6.13. The van der Waals surface area contributed by atoms with Crippen molar-refractivity contribution in [1.82, 2.24) is 5.32 Å². The molecule has 0 saturated heterocycles. The molecule has 0 aliphatic rings. The molecule has 4 aromatic rings. The van der Waals surface area contributed by atoms with Gasteiger partial charge in [0.05, 0.1) is 13.4 Å². The number of ether oxygens (including phenoxy) is 1. The summed E-state index contributed by atoms with van der Waals surface area (Å²) in [6.45, 7) is 6.46.